The first kappa shape index (κ1) is 16.0. The molecule has 1 aromatic rings. The summed E-state index contributed by atoms with van der Waals surface area (Å²) in [5.41, 5.74) is 0.0904. The number of carbonyl (C=O) groups excluding carboxylic acids is 1. The zero-order chi connectivity index (χ0) is 16.2. The molecule has 21 heavy (non-hydrogen) atoms. The SMILES string of the molecule is CCc1[nH]nc(C(=O)NC2C(C)(C)C2(C)C)c1S(N)(=O)=O. The van der Waals surface area contributed by atoms with E-state index < -0.39 is 15.9 Å². The molecule has 0 spiro atoms. The molecule has 118 valence electrons. The summed E-state index contributed by atoms with van der Waals surface area (Å²) < 4.78 is 23.4. The van der Waals surface area contributed by atoms with Gasteiger partial charge in [0.1, 0.15) is 4.90 Å². The Morgan fingerprint density at radius 2 is 1.86 bits per heavy atom. The third-order valence-electron chi connectivity index (χ3n) is 4.94. The van der Waals surface area contributed by atoms with Gasteiger partial charge in [0.15, 0.2) is 5.69 Å². The number of hydrogen-bond acceptors (Lipinski definition) is 4. The molecule has 0 saturated heterocycles. The molecule has 8 heteroatoms. The van der Waals surface area contributed by atoms with E-state index in [0.717, 1.165) is 0 Å². The zero-order valence-electron chi connectivity index (χ0n) is 12.9. The van der Waals surface area contributed by atoms with Crippen molar-refractivity contribution in [3.63, 3.8) is 0 Å². The standard InChI is InChI=1S/C13H22N4O3S/c1-6-7-9(21(14,19)20)8(17-16-7)10(18)15-11-12(2,3)13(11,4)5/h11H,6H2,1-5H3,(H,15,18)(H,16,17)(H2,14,19,20). The molecular weight excluding hydrogens is 292 g/mol. The first-order valence-corrected chi connectivity index (χ1v) is 8.40. The number of aromatic nitrogens is 2. The van der Waals surface area contributed by atoms with Crippen LogP contribution in [-0.4, -0.2) is 30.6 Å². The van der Waals surface area contributed by atoms with Crippen LogP contribution in [-0.2, 0) is 16.4 Å². The van der Waals surface area contributed by atoms with Crippen LogP contribution in [0.4, 0.5) is 0 Å². The maximum absolute atomic E-state index is 12.4. The molecule has 0 aromatic carbocycles. The van der Waals surface area contributed by atoms with E-state index in [2.05, 4.69) is 43.2 Å². The monoisotopic (exact) mass is 314 g/mol. The first-order valence-electron chi connectivity index (χ1n) is 6.85. The molecular formula is C13H22N4O3S. The van der Waals surface area contributed by atoms with Gasteiger partial charge in [0.2, 0.25) is 10.0 Å². The maximum atomic E-state index is 12.4. The van der Waals surface area contributed by atoms with Crippen molar-refractivity contribution in [2.45, 2.75) is 52.0 Å². The molecule has 1 aliphatic rings. The number of carbonyl (C=O) groups is 1. The molecule has 1 aromatic heterocycles. The highest BCUT2D eigenvalue weighted by molar-refractivity contribution is 7.89. The largest absolute Gasteiger partial charge is 0.347 e. The van der Waals surface area contributed by atoms with Gasteiger partial charge in [0.05, 0.1) is 5.69 Å². The van der Waals surface area contributed by atoms with Gasteiger partial charge in [-0.15, -0.1) is 0 Å². The summed E-state index contributed by atoms with van der Waals surface area (Å²) in [4.78, 5) is 12.1. The summed E-state index contributed by atoms with van der Waals surface area (Å²) >= 11 is 0. The van der Waals surface area contributed by atoms with Gasteiger partial charge in [-0.05, 0) is 17.3 Å². The molecule has 1 amide bonds. The van der Waals surface area contributed by atoms with Crippen LogP contribution in [0.5, 0.6) is 0 Å². The number of aryl methyl sites for hydroxylation is 1. The van der Waals surface area contributed by atoms with Gasteiger partial charge >= 0.3 is 0 Å². The molecule has 0 aliphatic heterocycles. The van der Waals surface area contributed by atoms with Crippen LogP contribution < -0.4 is 10.5 Å². The van der Waals surface area contributed by atoms with Gasteiger partial charge in [-0.25, -0.2) is 13.6 Å². The molecule has 1 heterocycles. The molecule has 7 nitrogen and oxygen atoms in total. The van der Waals surface area contributed by atoms with E-state index in [9.17, 15) is 13.2 Å². The van der Waals surface area contributed by atoms with Gasteiger partial charge in [0.25, 0.3) is 5.91 Å². The van der Waals surface area contributed by atoms with Gasteiger partial charge < -0.3 is 5.32 Å². The molecule has 2 rings (SSSR count). The van der Waals surface area contributed by atoms with Crippen molar-refractivity contribution in [1.29, 1.82) is 0 Å². The molecule has 0 radical (unpaired) electrons. The number of hydrogen-bond donors (Lipinski definition) is 3. The molecule has 4 N–H and O–H groups in total. The van der Waals surface area contributed by atoms with Crippen LogP contribution in [0.25, 0.3) is 0 Å². The predicted molar refractivity (Wildman–Crippen MR) is 78.2 cm³/mol. The second-order valence-corrected chi connectivity index (χ2v) is 8.13. The minimum atomic E-state index is -4.01. The lowest BCUT2D eigenvalue weighted by Gasteiger charge is -2.06. The summed E-state index contributed by atoms with van der Waals surface area (Å²) in [6.07, 6.45) is 0.395. The molecule has 0 unspecified atom stereocenters. The number of nitrogens with one attached hydrogen (secondary N) is 2. The summed E-state index contributed by atoms with van der Waals surface area (Å²) in [5.74, 6) is -0.515. The van der Waals surface area contributed by atoms with Crippen LogP contribution in [0.1, 0.15) is 50.8 Å². The van der Waals surface area contributed by atoms with Gasteiger partial charge in [0, 0.05) is 6.04 Å². The van der Waals surface area contributed by atoms with E-state index in [0.29, 0.717) is 12.1 Å². The van der Waals surface area contributed by atoms with E-state index >= 15 is 0 Å². The number of nitrogens with two attached hydrogens (primary N) is 1. The average molecular weight is 314 g/mol. The molecule has 1 fully saturated rings. The lowest BCUT2D eigenvalue weighted by atomic mass is 10.0. The Kier molecular flexibility index (Phi) is 3.45. The average Bonchev–Trinajstić information content (AvgIpc) is 2.73. The van der Waals surface area contributed by atoms with Crippen LogP contribution >= 0.6 is 0 Å². The number of H-pyrrole nitrogens is 1. The second-order valence-electron chi connectivity index (χ2n) is 6.63. The highest BCUT2D eigenvalue weighted by Gasteiger charge is 2.65. The zero-order valence-corrected chi connectivity index (χ0v) is 13.8. The number of aromatic amines is 1. The van der Waals surface area contributed by atoms with Crippen molar-refractivity contribution in [2.24, 2.45) is 16.0 Å². The van der Waals surface area contributed by atoms with Crippen LogP contribution in [0, 0.1) is 10.8 Å². The van der Waals surface area contributed by atoms with E-state index in [4.69, 9.17) is 5.14 Å². The van der Waals surface area contributed by atoms with Crippen LogP contribution in [0.15, 0.2) is 4.90 Å². The Morgan fingerprint density at radius 1 is 1.33 bits per heavy atom. The van der Waals surface area contributed by atoms with Crippen molar-refractivity contribution in [1.82, 2.24) is 15.5 Å². The third kappa shape index (κ3) is 2.36. The van der Waals surface area contributed by atoms with E-state index in [1.54, 1.807) is 6.92 Å². The number of rotatable bonds is 4. The number of amides is 1. The Hall–Kier alpha value is -1.41. The predicted octanol–water partition coefficient (Wildman–Crippen LogP) is 0.784. The normalized spacial score (nSPS) is 20.3. The van der Waals surface area contributed by atoms with Gasteiger partial charge in [-0.3, -0.25) is 9.89 Å². The quantitative estimate of drug-likeness (QED) is 0.761. The number of nitrogens with zero attached hydrogens (tertiary/aromatic N) is 1. The maximum Gasteiger partial charge on any atom is 0.273 e. The Morgan fingerprint density at radius 3 is 2.24 bits per heavy atom. The van der Waals surface area contributed by atoms with Crippen molar-refractivity contribution in [3.05, 3.63) is 11.4 Å². The Bertz CT molecular complexity index is 674. The summed E-state index contributed by atoms with van der Waals surface area (Å²) in [6.45, 7) is 9.99. The smallest absolute Gasteiger partial charge is 0.273 e. The lowest BCUT2D eigenvalue weighted by molar-refractivity contribution is 0.0935. The first-order chi connectivity index (χ1) is 9.44. The highest BCUT2D eigenvalue weighted by atomic mass is 32.2. The van der Waals surface area contributed by atoms with Crippen molar-refractivity contribution in [3.8, 4) is 0 Å². The lowest BCUT2D eigenvalue weighted by Crippen LogP contribution is -2.31. The van der Waals surface area contributed by atoms with Crippen molar-refractivity contribution >= 4 is 15.9 Å². The molecule has 1 aliphatic carbocycles. The minimum absolute atomic E-state index is 0.0346. The fourth-order valence-electron chi connectivity index (χ4n) is 2.82. The van der Waals surface area contributed by atoms with Gasteiger partial charge in [-0.2, -0.15) is 5.10 Å². The van der Waals surface area contributed by atoms with E-state index in [-0.39, 0.29) is 27.5 Å². The fraction of sp³-hybridized carbons (Fsp3) is 0.692. The highest BCUT2D eigenvalue weighted by Crippen LogP contribution is 2.62. The number of sulfonamides is 1. The Balaban J connectivity index is 2.32. The summed E-state index contributed by atoms with van der Waals surface area (Å²) in [6, 6.07) is -0.0346. The van der Waals surface area contributed by atoms with Crippen molar-refractivity contribution in [2.75, 3.05) is 0 Å². The number of primary sulfonamides is 1. The topological polar surface area (TPSA) is 118 Å². The van der Waals surface area contributed by atoms with E-state index in [1.807, 2.05) is 0 Å². The third-order valence-corrected chi connectivity index (χ3v) is 5.95. The molecule has 0 atom stereocenters. The van der Waals surface area contributed by atoms with Crippen LogP contribution in [0.3, 0.4) is 0 Å². The molecule has 1 saturated carbocycles. The summed E-state index contributed by atoms with van der Waals surface area (Å²) in [5, 5.41) is 14.5. The second kappa shape index (κ2) is 4.54. The summed E-state index contributed by atoms with van der Waals surface area (Å²) in [7, 11) is -4.01. The van der Waals surface area contributed by atoms with Gasteiger partial charge in [-0.1, -0.05) is 34.6 Å². The fourth-order valence-corrected chi connectivity index (χ4v) is 3.77. The van der Waals surface area contributed by atoms with E-state index in [1.165, 1.54) is 0 Å². The molecule has 0 bridgehead atoms. The van der Waals surface area contributed by atoms with Crippen molar-refractivity contribution < 1.29 is 13.2 Å². The minimum Gasteiger partial charge on any atom is -0.347 e. The van der Waals surface area contributed by atoms with Crippen LogP contribution in [0.2, 0.25) is 0 Å². The Labute approximate surface area is 124 Å².